The first kappa shape index (κ1) is 15.0. The van der Waals surface area contributed by atoms with E-state index in [0.717, 1.165) is 52.3 Å². The van der Waals surface area contributed by atoms with Gasteiger partial charge < -0.3 is 14.8 Å². The van der Waals surface area contributed by atoms with Gasteiger partial charge in [-0.05, 0) is 50.4 Å². The first-order valence-corrected chi connectivity index (χ1v) is 6.38. The second-order valence-corrected chi connectivity index (χ2v) is 4.70. The van der Waals surface area contributed by atoms with Gasteiger partial charge in [0.15, 0.2) is 0 Å². The summed E-state index contributed by atoms with van der Waals surface area (Å²) in [5.74, 6) is 0.905. The van der Waals surface area contributed by atoms with Crippen LogP contribution < -0.4 is 10.1 Å². The number of rotatable bonds is 6. The maximum Gasteiger partial charge on any atom is 0.133 e. The number of hydrogen-bond acceptors (Lipinski definition) is 3. The van der Waals surface area contributed by atoms with Crippen LogP contribution in [0.1, 0.15) is 22.3 Å². The van der Waals surface area contributed by atoms with E-state index in [1.54, 1.807) is 7.11 Å². The molecule has 0 atom stereocenters. The van der Waals surface area contributed by atoms with Gasteiger partial charge in [-0.15, -0.1) is 0 Å². The Morgan fingerprint density at radius 2 is 1.89 bits per heavy atom. The molecule has 0 saturated heterocycles. The number of nitrogens with one attached hydrogen (secondary N) is 1. The minimum Gasteiger partial charge on any atom is -0.496 e. The fourth-order valence-electron chi connectivity index (χ4n) is 2.10. The fourth-order valence-corrected chi connectivity index (χ4v) is 2.35. The van der Waals surface area contributed by atoms with Crippen LogP contribution in [0, 0.1) is 20.8 Å². The lowest BCUT2D eigenvalue weighted by Crippen LogP contribution is -2.20. The molecule has 0 aliphatic heterocycles. The van der Waals surface area contributed by atoms with E-state index in [9.17, 15) is 4.79 Å². The van der Waals surface area contributed by atoms with Crippen molar-refractivity contribution in [2.45, 2.75) is 27.2 Å². The second-order valence-electron chi connectivity index (χ2n) is 4.32. The molecule has 0 heterocycles. The highest BCUT2D eigenvalue weighted by Crippen LogP contribution is 2.35. The van der Waals surface area contributed by atoms with Crippen molar-refractivity contribution in [3.63, 3.8) is 0 Å². The van der Waals surface area contributed by atoms with Gasteiger partial charge in [-0.3, -0.25) is 0 Å². The highest BCUT2D eigenvalue weighted by molar-refractivity contribution is 6.32. The Morgan fingerprint density at radius 1 is 1.22 bits per heavy atom. The summed E-state index contributed by atoms with van der Waals surface area (Å²) in [5.41, 5.74) is 4.32. The zero-order valence-corrected chi connectivity index (χ0v) is 12.1. The number of carbonyl (C=O) groups excluding carboxylic acids is 1. The predicted octanol–water partition coefficient (Wildman–Crippen LogP) is 2.60. The standard InChI is InChI=1S/C14H20ClNO2/c1-9-10(2)14(18-4)12(11(3)13(9)15)5-6-16-7-8-17/h8,16H,5-7H2,1-4H3. The highest BCUT2D eigenvalue weighted by Gasteiger charge is 2.16. The molecule has 1 N–H and O–H groups in total. The summed E-state index contributed by atoms with van der Waals surface area (Å²) in [6.07, 6.45) is 1.65. The molecule has 0 bridgehead atoms. The van der Waals surface area contributed by atoms with Gasteiger partial charge in [-0.25, -0.2) is 0 Å². The van der Waals surface area contributed by atoms with Crippen LogP contribution in [-0.2, 0) is 11.2 Å². The van der Waals surface area contributed by atoms with Gasteiger partial charge in [-0.2, -0.15) is 0 Å². The Balaban J connectivity index is 3.05. The Hall–Kier alpha value is -1.06. The molecule has 0 saturated carbocycles. The molecule has 0 amide bonds. The van der Waals surface area contributed by atoms with E-state index in [1.165, 1.54) is 0 Å². The zero-order chi connectivity index (χ0) is 13.7. The smallest absolute Gasteiger partial charge is 0.133 e. The Morgan fingerprint density at radius 3 is 2.44 bits per heavy atom. The first-order valence-electron chi connectivity index (χ1n) is 6.01. The minimum atomic E-state index is 0.375. The molecule has 100 valence electrons. The lowest BCUT2D eigenvalue weighted by Gasteiger charge is -2.18. The van der Waals surface area contributed by atoms with Crippen LogP contribution in [0.15, 0.2) is 0 Å². The third kappa shape index (κ3) is 3.03. The van der Waals surface area contributed by atoms with E-state index < -0.39 is 0 Å². The Kier molecular flexibility index (Phi) is 5.63. The molecular formula is C14H20ClNO2. The van der Waals surface area contributed by atoms with Crippen LogP contribution in [-0.4, -0.2) is 26.5 Å². The average Bonchev–Trinajstić information content (AvgIpc) is 2.38. The fraction of sp³-hybridized carbons (Fsp3) is 0.500. The Labute approximate surface area is 113 Å². The molecule has 3 nitrogen and oxygen atoms in total. The molecule has 0 spiro atoms. The van der Waals surface area contributed by atoms with Gasteiger partial charge in [0.05, 0.1) is 13.7 Å². The molecule has 4 heteroatoms. The van der Waals surface area contributed by atoms with Crippen molar-refractivity contribution in [2.24, 2.45) is 0 Å². The molecule has 1 aromatic carbocycles. The molecule has 0 aliphatic rings. The summed E-state index contributed by atoms with van der Waals surface area (Å²) < 4.78 is 5.49. The molecule has 0 unspecified atom stereocenters. The lowest BCUT2D eigenvalue weighted by molar-refractivity contribution is -0.107. The van der Waals surface area contributed by atoms with Gasteiger partial charge in [-0.1, -0.05) is 11.6 Å². The summed E-state index contributed by atoms with van der Waals surface area (Å²) in [6.45, 7) is 7.13. The first-order chi connectivity index (χ1) is 8.54. The lowest BCUT2D eigenvalue weighted by atomic mass is 9.96. The Bertz CT molecular complexity index is 444. The third-order valence-corrected chi connectivity index (χ3v) is 3.84. The normalized spacial score (nSPS) is 10.5. The van der Waals surface area contributed by atoms with Gasteiger partial charge in [0.2, 0.25) is 0 Å². The van der Waals surface area contributed by atoms with Gasteiger partial charge in [0, 0.05) is 10.6 Å². The van der Waals surface area contributed by atoms with Crippen LogP contribution in [0.4, 0.5) is 0 Å². The monoisotopic (exact) mass is 269 g/mol. The second kappa shape index (κ2) is 6.76. The number of hydrogen-bond donors (Lipinski definition) is 1. The maximum atomic E-state index is 10.3. The summed E-state index contributed by atoms with van der Waals surface area (Å²) in [5, 5.41) is 3.85. The van der Waals surface area contributed by atoms with Crippen molar-refractivity contribution in [1.29, 1.82) is 0 Å². The van der Waals surface area contributed by atoms with Gasteiger partial charge in [0.25, 0.3) is 0 Å². The summed E-state index contributed by atoms with van der Waals surface area (Å²) in [6, 6.07) is 0. The van der Waals surface area contributed by atoms with Crippen molar-refractivity contribution >= 4 is 17.9 Å². The van der Waals surface area contributed by atoms with Crippen LogP contribution in [0.5, 0.6) is 5.75 Å². The van der Waals surface area contributed by atoms with Crippen LogP contribution in [0.25, 0.3) is 0 Å². The van der Waals surface area contributed by atoms with E-state index >= 15 is 0 Å². The van der Waals surface area contributed by atoms with Gasteiger partial charge in [0.1, 0.15) is 12.0 Å². The van der Waals surface area contributed by atoms with Crippen LogP contribution in [0.2, 0.25) is 5.02 Å². The molecule has 0 radical (unpaired) electrons. The maximum absolute atomic E-state index is 10.3. The molecule has 0 aliphatic carbocycles. The van der Waals surface area contributed by atoms with Crippen molar-refractivity contribution in [1.82, 2.24) is 5.32 Å². The molecular weight excluding hydrogens is 250 g/mol. The molecule has 0 aromatic heterocycles. The summed E-state index contributed by atoms with van der Waals surface area (Å²) in [4.78, 5) is 10.3. The number of carbonyl (C=O) groups is 1. The van der Waals surface area contributed by atoms with Gasteiger partial charge >= 0.3 is 0 Å². The van der Waals surface area contributed by atoms with E-state index in [1.807, 2.05) is 20.8 Å². The number of benzene rings is 1. The quantitative estimate of drug-likeness (QED) is 0.637. The largest absolute Gasteiger partial charge is 0.496 e. The molecule has 1 aromatic rings. The number of aldehydes is 1. The van der Waals surface area contributed by atoms with Crippen molar-refractivity contribution < 1.29 is 9.53 Å². The van der Waals surface area contributed by atoms with E-state index in [-0.39, 0.29) is 0 Å². The van der Waals surface area contributed by atoms with Crippen LogP contribution >= 0.6 is 11.6 Å². The zero-order valence-electron chi connectivity index (χ0n) is 11.4. The molecule has 18 heavy (non-hydrogen) atoms. The third-order valence-electron chi connectivity index (χ3n) is 3.27. The average molecular weight is 270 g/mol. The van der Waals surface area contributed by atoms with E-state index in [2.05, 4.69) is 5.32 Å². The number of ether oxygens (including phenoxy) is 1. The van der Waals surface area contributed by atoms with E-state index in [0.29, 0.717) is 6.54 Å². The van der Waals surface area contributed by atoms with Crippen molar-refractivity contribution in [2.75, 3.05) is 20.2 Å². The number of methoxy groups -OCH3 is 1. The van der Waals surface area contributed by atoms with Crippen molar-refractivity contribution in [3.8, 4) is 5.75 Å². The SMILES string of the molecule is COc1c(C)c(C)c(Cl)c(C)c1CCNCC=O. The molecule has 1 rings (SSSR count). The number of halogens is 1. The summed E-state index contributed by atoms with van der Waals surface area (Å²) >= 11 is 6.32. The topological polar surface area (TPSA) is 38.3 Å². The highest BCUT2D eigenvalue weighted by atomic mass is 35.5. The minimum absolute atomic E-state index is 0.375. The molecule has 0 fully saturated rings. The predicted molar refractivity (Wildman–Crippen MR) is 74.9 cm³/mol. The van der Waals surface area contributed by atoms with Crippen molar-refractivity contribution in [3.05, 3.63) is 27.3 Å². The summed E-state index contributed by atoms with van der Waals surface area (Å²) in [7, 11) is 1.68. The van der Waals surface area contributed by atoms with Crippen LogP contribution in [0.3, 0.4) is 0 Å². The van der Waals surface area contributed by atoms with E-state index in [4.69, 9.17) is 16.3 Å².